The number of hydrogen-bond acceptors (Lipinski definition) is 3. The normalized spacial score (nSPS) is 13.6. The monoisotopic (exact) mass is 431 g/mol. The fourth-order valence-electron chi connectivity index (χ4n) is 2.95. The molecule has 29 heavy (non-hydrogen) atoms. The van der Waals surface area contributed by atoms with Gasteiger partial charge in [-0.15, -0.1) is 11.3 Å². The Kier molecular flexibility index (Phi) is 5.97. The van der Waals surface area contributed by atoms with Crippen LogP contribution in [0.25, 0.3) is 10.2 Å². The van der Waals surface area contributed by atoms with Gasteiger partial charge in [-0.05, 0) is 30.7 Å². The molecule has 0 N–H and O–H groups in total. The first-order valence-electron chi connectivity index (χ1n) is 8.65. The number of alkyl halides is 6. The lowest BCUT2D eigenvalue weighted by Crippen LogP contribution is -2.15. The molecule has 3 rings (SSSR count). The topological polar surface area (TPSA) is 30.0 Å². The smallest absolute Gasteiger partial charge is 0.294 e. The number of carbonyl (C=O) groups excluding carboxylic acids is 1. The number of ketones is 1. The molecule has 0 aliphatic heterocycles. The van der Waals surface area contributed by atoms with Crippen molar-refractivity contribution in [2.45, 2.75) is 37.5 Å². The van der Waals surface area contributed by atoms with E-state index in [1.807, 2.05) is 0 Å². The number of thiazole rings is 1. The molecule has 0 radical (unpaired) electrons. The number of benzene rings is 2. The molecular weight excluding hydrogens is 416 g/mol. The third-order valence-corrected chi connectivity index (χ3v) is 5.59. The molecular formula is C20H15F6NOS. The van der Waals surface area contributed by atoms with Gasteiger partial charge in [-0.3, -0.25) is 4.79 Å². The summed E-state index contributed by atoms with van der Waals surface area (Å²) < 4.78 is 77.7. The van der Waals surface area contributed by atoms with E-state index in [0.29, 0.717) is 10.5 Å². The molecule has 3 aromatic rings. The van der Waals surface area contributed by atoms with Crippen molar-refractivity contribution in [1.29, 1.82) is 0 Å². The summed E-state index contributed by atoms with van der Waals surface area (Å²) in [5, 5.41) is 0.295. The SMILES string of the molecule is O=C(CCC(CC(F)(F)F)c1nc2ccccc2s1)c1ccc(C(F)(F)F)cc1. The van der Waals surface area contributed by atoms with Crippen LogP contribution in [0.4, 0.5) is 26.3 Å². The van der Waals surface area contributed by atoms with Crippen molar-refractivity contribution >= 4 is 27.3 Å². The Balaban J connectivity index is 1.75. The summed E-state index contributed by atoms with van der Waals surface area (Å²) in [4.78, 5) is 16.6. The van der Waals surface area contributed by atoms with Gasteiger partial charge >= 0.3 is 12.4 Å². The molecule has 0 spiro atoms. The highest BCUT2D eigenvalue weighted by molar-refractivity contribution is 7.18. The number of hydrogen-bond donors (Lipinski definition) is 0. The van der Waals surface area contributed by atoms with Crippen LogP contribution in [0.1, 0.15) is 46.1 Å². The number of nitrogens with zero attached hydrogens (tertiary/aromatic N) is 1. The van der Waals surface area contributed by atoms with Gasteiger partial charge < -0.3 is 0 Å². The van der Waals surface area contributed by atoms with Crippen molar-refractivity contribution in [2.24, 2.45) is 0 Å². The highest BCUT2D eigenvalue weighted by atomic mass is 32.1. The van der Waals surface area contributed by atoms with Crippen LogP contribution in [-0.4, -0.2) is 16.9 Å². The van der Waals surface area contributed by atoms with Crippen molar-refractivity contribution in [1.82, 2.24) is 4.98 Å². The van der Waals surface area contributed by atoms with E-state index in [2.05, 4.69) is 4.98 Å². The lowest BCUT2D eigenvalue weighted by atomic mass is 9.95. The molecule has 0 aliphatic rings. The number of carbonyl (C=O) groups is 1. The molecule has 0 fully saturated rings. The first-order chi connectivity index (χ1) is 13.5. The first kappa shape index (κ1) is 21.3. The lowest BCUT2D eigenvalue weighted by Gasteiger charge is -2.16. The van der Waals surface area contributed by atoms with E-state index >= 15 is 0 Å². The fourth-order valence-corrected chi connectivity index (χ4v) is 4.05. The predicted octanol–water partition coefficient (Wildman–Crippen LogP) is 7.01. The Morgan fingerprint density at radius 1 is 0.966 bits per heavy atom. The van der Waals surface area contributed by atoms with Gasteiger partial charge in [0, 0.05) is 17.9 Å². The quantitative estimate of drug-likeness (QED) is 0.310. The van der Waals surface area contributed by atoms with E-state index < -0.39 is 36.0 Å². The van der Waals surface area contributed by atoms with Gasteiger partial charge in [-0.25, -0.2) is 4.98 Å². The third-order valence-electron chi connectivity index (χ3n) is 4.39. The van der Waals surface area contributed by atoms with Crippen LogP contribution in [0.15, 0.2) is 48.5 Å². The zero-order valence-electron chi connectivity index (χ0n) is 14.8. The Bertz CT molecular complexity index is 958. The largest absolute Gasteiger partial charge is 0.416 e. The fraction of sp³-hybridized carbons (Fsp3) is 0.300. The minimum Gasteiger partial charge on any atom is -0.294 e. The molecule has 2 aromatic carbocycles. The molecule has 2 nitrogen and oxygen atoms in total. The number of halogens is 6. The third kappa shape index (κ3) is 5.56. The van der Waals surface area contributed by atoms with Crippen molar-refractivity contribution in [3.8, 4) is 0 Å². The Hall–Kier alpha value is -2.42. The Morgan fingerprint density at radius 3 is 2.21 bits per heavy atom. The van der Waals surface area contributed by atoms with Gasteiger partial charge in [0.2, 0.25) is 0 Å². The van der Waals surface area contributed by atoms with Crippen LogP contribution >= 0.6 is 11.3 Å². The van der Waals surface area contributed by atoms with Crippen molar-refractivity contribution in [3.63, 3.8) is 0 Å². The standard InChI is InChI=1S/C20H15F6NOS/c21-19(22,23)11-13(18-27-15-3-1-2-4-17(15)29-18)7-10-16(28)12-5-8-14(9-6-12)20(24,25)26/h1-6,8-9,13H,7,10-11H2. The molecule has 0 saturated heterocycles. The zero-order valence-corrected chi connectivity index (χ0v) is 15.7. The van der Waals surface area contributed by atoms with Gasteiger partial charge in [0.1, 0.15) is 0 Å². The minimum atomic E-state index is -4.52. The molecule has 1 atom stereocenters. The van der Waals surface area contributed by atoms with E-state index in [0.717, 1.165) is 40.3 Å². The second kappa shape index (κ2) is 8.14. The second-order valence-corrected chi connectivity index (χ2v) is 7.64. The molecule has 0 bridgehead atoms. The van der Waals surface area contributed by atoms with Crippen molar-refractivity contribution in [3.05, 3.63) is 64.7 Å². The van der Waals surface area contributed by atoms with Gasteiger partial charge in [-0.1, -0.05) is 24.3 Å². The van der Waals surface area contributed by atoms with Crippen molar-refractivity contribution < 1.29 is 31.1 Å². The maximum absolute atomic E-state index is 13.0. The summed E-state index contributed by atoms with van der Waals surface area (Å²) in [6.07, 6.45) is -10.4. The highest BCUT2D eigenvalue weighted by Crippen LogP contribution is 2.38. The van der Waals surface area contributed by atoms with E-state index in [-0.39, 0.29) is 18.4 Å². The Morgan fingerprint density at radius 2 is 1.62 bits per heavy atom. The zero-order chi connectivity index (χ0) is 21.2. The molecule has 9 heteroatoms. The Labute approximate surface area is 166 Å². The van der Waals surface area contributed by atoms with Crippen molar-refractivity contribution in [2.75, 3.05) is 0 Å². The van der Waals surface area contributed by atoms with Crippen LogP contribution in [0.5, 0.6) is 0 Å². The number of aromatic nitrogens is 1. The predicted molar refractivity (Wildman–Crippen MR) is 98.0 cm³/mol. The van der Waals surface area contributed by atoms with Gasteiger partial charge in [0.05, 0.1) is 27.2 Å². The summed E-state index contributed by atoms with van der Waals surface area (Å²) in [5.74, 6) is -1.50. The van der Waals surface area contributed by atoms with Crippen LogP contribution in [0.2, 0.25) is 0 Å². The van der Waals surface area contributed by atoms with Crippen LogP contribution in [0.3, 0.4) is 0 Å². The summed E-state index contributed by atoms with van der Waals surface area (Å²) >= 11 is 1.15. The van der Waals surface area contributed by atoms with E-state index in [4.69, 9.17) is 0 Å². The number of fused-ring (bicyclic) bond motifs is 1. The molecule has 0 aliphatic carbocycles. The van der Waals surface area contributed by atoms with Gasteiger partial charge in [0.15, 0.2) is 5.78 Å². The average molecular weight is 431 g/mol. The van der Waals surface area contributed by atoms with Crippen LogP contribution < -0.4 is 0 Å². The first-order valence-corrected chi connectivity index (χ1v) is 9.47. The number of rotatable bonds is 6. The summed E-state index contributed by atoms with van der Waals surface area (Å²) in [7, 11) is 0. The number of Topliss-reactive ketones (excluding diaryl/α,β-unsaturated/α-hetero) is 1. The summed E-state index contributed by atoms with van der Waals surface area (Å²) in [5.41, 5.74) is -0.264. The highest BCUT2D eigenvalue weighted by Gasteiger charge is 2.34. The van der Waals surface area contributed by atoms with Crippen LogP contribution in [-0.2, 0) is 6.18 Å². The molecule has 0 amide bonds. The average Bonchev–Trinajstić information content (AvgIpc) is 3.07. The molecule has 154 valence electrons. The van der Waals surface area contributed by atoms with Gasteiger partial charge in [-0.2, -0.15) is 26.3 Å². The molecule has 1 aromatic heterocycles. The molecule has 1 unspecified atom stereocenters. The molecule has 0 saturated carbocycles. The minimum absolute atomic E-state index is 0.0352. The molecule has 1 heterocycles. The second-order valence-electron chi connectivity index (χ2n) is 6.57. The number of para-hydroxylation sites is 1. The van der Waals surface area contributed by atoms with E-state index in [1.54, 1.807) is 24.3 Å². The summed E-state index contributed by atoms with van der Waals surface area (Å²) in [6.45, 7) is 0. The summed E-state index contributed by atoms with van der Waals surface area (Å²) in [6, 6.07) is 10.6. The van der Waals surface area contributed by atoms with E-state index in [1.165, 1.54) is 0 Å². The van der Waals surface area contributed by atoms with Crippen LogP contribution in [0, 0.1) is 0 Å². The lowest BCUT2D eigenvalue weighted by molar-refractivity contribution is -0.139. The maximum Gasteiger partial charge on any atom is 0.416 e. The van der Waals surface area contributed by atoms with E-state index in [9.17, 15) is 31.1 Å². The maximum atomic E-state index is 13.0. The van der Waals surface area contributed by atoms with Gasteiger partial charge in [0.25, 0.3) is 0 Å².